The first kappa shape index (κ1) is 12.1. The van der Waals surface area contributed by atoms with Gasteiger partial charge in [0.25, 0.3) is 0 Å². The molecule has 20 heavy (non-hydrogen) atoms. The number of fused-ring (bicyclic) bond motifs is 4. The highest BCUT2D eigenvalue weighted by atomic mass is 19.1. The Morgan fingerprint density at radius 1 is 1.35 bits per heavy atom. The summed E-state index contributed by atoms with van der Waals surface area (Å²) in [6.45, 7) is 5.19. The first-order valence-corrected chi connectivity index (χ1v) is 7.25. The maximum atomic E-state index is 13.7. The van der Waals surface area contributed by atoms with E-state index in [-0.39, 0.29) is 5.82 Å². The van der Waals surface area contributed by atoms with Crippen LogP contribution >= 0.6 is 0 Å². The average molecular weight is 275 g/mol. The predicted molar refractivity (Wildman–Crippen MR) is 75.3 cm³/mol. The van der Waals surface area contributed by atoms with Crippen LogP contribution in [0.3, 0.4) is 0 Å². The maximum absolute atomic E-state index is 13.7. The van der Waals surface area contributed by atoms with Crippen LogP contribution in [0.25, 0.3) is 11.0 Å². The molecule has 2 aromatic rings. The van der Waals surface area contributed by atoms with E-state index < -0.39 is 0 Å². The Labute approximate surface area is 116 Å². The van der Waals surface area contributed by atoms with Crippen LogP contribution in [0.2, 0.25) is 0 Å². The molecule has 5 rings (SSSR count). The highest BCUT2D eigenvalue weighted by Crippen LogP contribution is 2.32. The van der Waals surface area contributed by atoms with Gasteiger partial charge in [-0.2, -0.15) is 0 Å². The summed E-state index contributed by atoms with van der Waals surface area (Å²) in [6, 6.07) is 3.62. The van der Waals surface area contributed by atoms with Gasteiger partial charge in [0.2, 0.25) is 0 Å². The van der Waals surface area contributed by atoms with Gasteiger partial charge in [0.15, 0.2) is 11.4 Å². The molecule has 0 spiro atoms. The minimum atomic E-state index is -0.210. The fraction of sp³-hybridized carbons (Fsp3) is 0.533. The van der Waals surface area contributed by atoms with Gasteiger partial charge >= 0.3 is 0 Å². The molecule has 1 aromatic heterocycles. The van der Waals surface area contributed by atoms with E-state index >= 15 is 0 Å². The molecule has 3 fully saturated rings. The van der Waals surface area contributed by atoms with Gasteiger partial charge in [-0.05, 0) is 56.5 Å². The minimum absolute atomic E-state index is 0.210. The SMILES string of the molecule is Cc1cc2onc(N[C@H]3CN4CCC3CC4)c2cc1F. The van der Waals surface area contributed by atoms with Crippen molar-refractivity contribution in [1.82, 2.24) is 10.1 Å². The van der Waals surface area contributed by atoms with Gasteiger partial charge in [-0.25, -0.2) is 4.39 Å². The Morgan fingerprint density at radius 2 is 2.15 bits per heavy atom. The van der Waals surface area contributed by atoms with E-state index in [4.69, 9.17) is 4.52 Å². The highest BCUT2D eigenvalue weighted by Gasteiger charge is 2.34. The number of halogens is 1. The van der Waals surface area contributed by atoms with E-state index in [1.165, 1.54) is 32.0 Å². The molecule has 2 bridgehead atoms. The summed E-state index contributed by atoms with van der Waals surface area (Å²) in [5.41, 5.74) is 1.23. The number of hydrogen-bond acceptors (Lipinski definition) is 4. The highest BCUT2D eigenvalue weighted by molar-refractivity contribution is 5.88. The van der Waals surface area contributed by atoms with Gasteiger partial charge in [-0.15, -0.1) is 0 Å². The summed E-state index contributed by atoms with van der Waals surface area (Å²) >= 11 is 0. The van der Waals surface area contributed by atoms with E-state index in [0.29, 0.717) is 28.9 Å². The van der Waals surface area contributed by atoms with Crippen molar-refractivity contribution in [2.24, 2.45) is 5.92 Å². The van der Waals surface area contributed by atoms with Crippen molar-refractivity contribution in [2.45, 2.75) is 25.8 Å². The Morgan fingerprint density at radius 3 is 2.85 bits per heavy atom. The normalized spacial score (nSPS) is 29.0. The lowest BCUT2D eigenvalue weighted by Gasteiger charge is -2.44. The number of rotatable bonds is 2. The number of aromatic nitrogens is 1. The molecule has 5 heteroatoms. The first-order chi connectivity index (χ1) is 9.70. The quantitative estimate of drug-likeness (QED) is 0.915. The lowest BCUT2D eigenvalue weighted by atomic mass is 9.84. The van der Waals surface area contributed by atoms with Crippen molar-refractivity contribution in [2.75, 3.05) is 25.0 Å². The fourth-order valence-electron chi connectivity index (χ4n) is 3.47. The molecular weight excluding hydrogens is 257 g/mol. The lowest BCUT2D eigenvalue weighted by Crippen LogP contribution is -2.53. The van der Waals surface area contributed by atoms with Crippen LogP contribution in [-0.4, -0.2) is 35.7 Å². The zero-order valence-corrected chi connectivity index (χ0v) is 11.5. The number of nitrogens with one attached hydrogen (secondary N) is 1. The number of aryl methyl sites for hydroxylation is 1. The van der Waals surface area contributed by atoms with E-state index in [1.807, 2.05) is 0 Å². The third kappa shape index (κ3) is 1.88. The van der Waals surface area contributed by atoms with Crippen molar-refractivity contribution in [1.29, 1.82) is 0 Å². The number of benzene rings is 1. The number of hydrogen-bond donors (Lipinski definition) is 1. The molecule has 1 atom stereocenters. The maximum Gasteiger partial charge on any atom is 0.177 e. The van der Waals surface area contributed by atoms with Crippen LogP contribution in [0.1, 0.15) is 18.4 Å². The molecule has 3 saturated heterocycles. The fourth-order valence-corrected chi connectivity index (χ4v) is 3.47. The van der Waals surface area contributed by atoms with Crippen molar-refractivity contribution in [3.05, 3.63) is 23.5 Å². The minimum Gasteiger partial charge on any atom is -0.362 e. The topological polar surface area (TPSA) is 41.3 Å². The van der Waals surface area contributed by atoms with Gasteiger partial charge in [-0.3, -0.25) is 0 Å². The van der Waals surface area contributed by atoms with Crippen LogP contribution in [0, 0.1) is 18.7 Å². The average Bonchev–Trinajstić information content (AvgIpc) is 2.83. The predicted octanol–water partition coefficient (Wildman–Crippen LogP) is 2.78. The summed E-state index contributed by atoms with van der Waals surface area (Å²) in [5.74, 6) is 1.16. The Kier molecular flexibility index (Phi) is 2.70. The molecule has 0 amide bonds. The zero-order chi connectivity index (χ0) is 13.7. The first-order valence-electron chi connectivity index (χ1n) is 7.25. The smallest absolute Gasteiger partial charge is 0.177 e. The monoisotopic (exact) mass is 275 g/mol. The summed E-state index contributed by atoms with van der Waals surface area (Å²) in [5, 5.41) is 8.29. The van der Waals surface area contributed by atoms with Crippen molar-refractivity contribution < 1.29 is 8.91 Å². The van der Waals surface area contributed by atoms with Gasteiger partial charge in [0.05, 0.1) is 5.39 Å². The number of nitrogens with zero attached hydrogens (tertiary/aromatic N) is 2. The molecule has 0 unspecified atom stereocenters. The number of anilines is 1. The van der Waals surface area contributed by atoms with E-state index in [1.54, 1.807) is 13.0 Å². The summed E-state index contributed by atoms with van der Waals surface area (Å²) in [7, 11) is 0. The Balaban J connectivity index is 1.64. The molecule has 0 radical (unpaired) electrons. The molecule has 0 aliphatic carbocycles. The van der Waals surface area contributed by atoms with Gasteiger partial charge in [0.1, 0.15) is 5.82 Å². The molecule has 1 N–H and O–H groups in total. The van der Waals surface area contributed by atoms with Gasteiger partial charge < -0.3 is 14.7 Å². The molecular formula is C15H18FN3O. The second-order valence-corrected chi connectivity index (χ2v) is 6.02. The van der Waals surface area contributed by atoms with Crippen LogP contribution < -0.4 is 5.32 Å². The standard InChI is InChI=1S/C15H18FN3O/c1-9-6-14-11(7-12(9)16)15(18-20-14)17-13-8-19-4-2-10(13)3-5-19/h6-7,10,13H,2-5,8H2,1H3,(H,17,18)/t13-/m0/s1. The summed E-state index contributed by atoms with van der Waals surface area (Å²) < 4.78 is 19.0. The Hall–Kier alpha value is -1.62. The summed E-state index contributed by atoms with van der Waals surface area (Å²) in [4.78, 5) is 2.48. The summed E-state index contributed by atoms with van der Waals surface area (Å²) in [6.07, 6.45) is 2.47. The van der Waals surface area contributed by atoms with Crippen molar-refractivity contribution in [3.63, 3.8) is 0 Å². The van der Waals surface area contributed by atoms with E-state index in [9.17, 15) is 4.39 Å². The van der Waals surface area contributed by atoms with Gasteiger partial charge in [-0.1, -0.05) is 5.16 Å². The van der Waals surface area contributed by atoms with Crippen LogP contribution in [0.15, 0.2) is 16.7 Å². The van der Waals surface area contributed by atoms with Crippen LogP contribution in [0.5, 0.6) is 0 Å². The molecule has 4 nitrogen and oxygen atoms in total. The van der Waals surface area contributed by atoms with Crippen LogP contribution in [0.4, 0.5) is 10.2 Å². The third-order valence-corrected chi connectivity index (χ3v) is 4.73. The second kappa shape index (κ2) is 4.45. The third-order valence-electron chi connectivity index (χ3n) is 4.73. The van der Waals surface area contributed by atoms with Crippen LogP contribution in [-0.2, 0) is 0 Å². The molecule has 1 aromatic carbocycles. The van der Waals surface area contributed by atoms with E-state index in [0.717, 1.165) is 11.9 Å². The van der Waals surface area contributed by atoms with E-state index in [2.05, 4.69) is 15.4 Å². The molecule has 3 aliphatic rings. The number of piperidine rings is 3. The molecule has 4 heterocycles. The molecule has 3 aliphatic heterocycles. The molecule has 106 valence electrons. The second-order valence-electron chi connectivity index (χ2n) is 6.02. The zero-order valence-electron chi connectivity index (χ0n) is 11.5. The Bertz CT molecular complexity index is 646. The lowest BCUT2D eigenvalue weighted by molar-refractivity contribution is 0.0973. The van der Waals surface area contributed by atoms with Gasteiger partial charge in [0, 0.05) is 12.6 Å². The van der Waals surface area contributed by atoms with Crippen molar-refractivity contribution >= 4 is 16.8 Å². The largest absolute Gasteiger partial charge is 0.362 e. The van der Waals surface area contributed by atoms with Crippen molar-refractivity contribution in [3.8, 4) is 0 Å². The molecule has 0 saturated carbocycles.